The van der Waals surface area contributed by atoms with E-state index in [4.69, 9.17) is 0 Å². The highest BCUT2D eigenvalue weighted by molar-refractivity contribution is 5.53. The molecular weight excluding hydrogens is 141 g/mol. The van der Waals surface area contributed by atoms with Crippen LogP contribution >= 0.6 is 0 Å². The Hall–Kier alpha value is -1.31. The van der Waals surface area contributed by atoms with Crippen molar-refractivity contribution in [1.82, 2.24) is 0 Å². The van der Waals surface area contributed by atoms with Gasteiger partial charge in [0.1, 0.15) is 5.82 Å². The highest BCUT2D eigenvalue weighted by atomic mass is 19.1. The Morgan fingerprint density at radius 2 is 2.00 bits per heavy atom. The van der Waals surface area contributed by atoms with Crippen LogP contribution in [0.1, 0.15) is 0 Å². The Bertz CT molecular complexity index is 293. The molecule has 2 rings (SSSR count). The summed E-state index contributed by atoms with van der Waals surface area (Å²) in [4.78, 5) is 1.87. The van der Waals surface area contributed by atoms with E-state index in [2.05, 4.69) is 0 Å². The molecule has 2 heteroatoms. The van der Waals surface area contributed by atoms with Gasteiger partial charge in [-0.15, -0.1) is 0 Å². The molecule has 0 fully saturated rings. The average molecular weight is 149 g/mol. The molecule has 0 spiro atoms. The van der Waals surface area contributed by atoms with Gasteiger partial charge in [-0.05, 0) is 18.2 Å². The third-order valence-electron chi connectivity index (χ3n) is 1.75. The van der Waals surface area contributed by atoms with Crippen molar-refractivity contribution in [1.29, 1.82) is 0 Å². The predicted octanol–water partition coefficient (Wildman–Crippen LogP) is 2.16. The number of para-hydroxylation sites is 1. The van der Waals surface area contributed by atoms with Crippen LogP contribution in [0.25, 0.3) is 0 Å². The minimum atomic E-state index is -0.156. The molecule has 0 bridgehead atoms. The topological polar surface area (TPSA) is 3.24 Å². The fourth-order valence-electron chi connectivity index (χ4n) is 1.07. The summed E-state index contributed by atoms with van der Waals surface area (Å²) in [5.41, 5.74) is 0.662. The molecule has 0 saturated carbocycles. The van der Waals surface area contributed by atoms with Gasteiger partial charge in [0.2, 0.25) is 0 Å². The smallest absolute Gasteiger partial charge is 0.146 e. The van der Waals surface area contributed by atoms with Crippen LogP contribution in [0.15, 0.2) is 36.5 Å². The minimum Gasteiger partial charge on any atom is -0.342 e. The first-order chi connectivity index (χ1) is 5.38. The van der Waals surface area contributed by atoms with Crippen LogP contribution in [0.2, 0.25) is 0 Å². The number of benzene rings is 1. The second-order valence-electron chi connectivity index (χ2n) is 2.49. The van der Waals surface area contributed by atoms with E-state index in [9.17, 15) is 4.39 Å². The summed E-state index contributed by atoms with van der Waals surface area (Å²) in [6.07, 6.45) is 3.87. The summed E-state index contributed by atoms with van der Waals surface area (Å²) < 4.78 is 13.0. The van der Waals surface area contributed by atoms with Gasteiger partial charge in [-0.25, -0.2) is 4.39 Å². The maximum Gasteiger partial charge on any atom is 0.146 e. The van der Waals surface area contributed by atoms with Crippen LogP contribution in [0.4, 0.5) is 10.1 Å². The van der Waals surface area contributed by atoms with Gasteiger partial charge < -0.3 is 4.90 Å². The number of rotatable bonds is 1. The van der Waals surface area contributed by atoms with Crippen LogP contribution in [0.3, 0.4) is 0 Å². The van der Waals surface area contributed by atoms with E-state index in [1.165, 1.54) is 6.07 Å². The van der Waals surface area contributed by atoms with Crippen LogP contribution in [0, 0.1) is 5.82 Å². The molecule has 1 nitrogen and oxygen atoms in total. The lowest BCUT2D eigenvalue weighted by Gasteiger charge is -2.25. The molecule has 11 heavy (non-hydrogen) atoms. The van der Waals surface area contributed by atoms with Crippen molar-refractivity contribution in [2.24, 2.45) is 0 Å². The first-order valence-corrected chi connectivity index (χ1v) is 3.56. The Balaban J connectivity index is 2.36. The van der Waals surface area contributed by atoms with Crippen LogP contribution in [0.5, 0.6) is 0 Å². The van der Waals surface area contributed by atoms with E-state index in [0.717, 1.165) is 6.54 Å². The molecule has 0 atom stereocenters. The lowest BCUT2D eigenvalue weighted by atomic mass is 10.2. The van der Waals surface area contributed by atoms with Gasteiger partial charge in [0.05, 0.1) is 5.69 Å². The maximum atomic E-state index is 13.0. The summed E-state index contributed by atoms with van der Waals surface area (Å²) >= 11 is 0. The molecule has 0 radical (unpaired) electrons. The van der Waals surface area contributed by atoms with Crippen molar-refractivity contribution in [3.8, 4) is 0 Å². The largest absolute Gasteiger partial charge is 0.342 e. The van der Waals surface area contributed by atoms with E-state index < -0.39 is 0 Å². The van der Waals surface area contributed by atoms with Crippen LogP contribution in [-0.2, 0) is 0 Å². The molecular formula is C9H8FN. The highest BCUT2D eigenvalue weighted by Gasteiger charge is 2.10. The number of hydrogen-bond donors (Lipinski definition) is 0. The molecule has 1 aromatic rings. The number of anilines is 1. The van der Waals surface area contributed by atoms with Gasteiger partial charge in [0.15, 0.2) is 0 Å². The number of hydrogen-bond acceptors (Lipinski definition) is 1. The molecule has 0 N–H and O–H groups in total. The van der Waals surface area contributed by atoms with E-state index in [1.807, 2.05) is 23.2 Å². The summed E-state index contributed by atoms with van der Waals surface area (Å²) in [5.74, 6) is -0.156. The zero-order chi connectivity index (χ0) is 7.68. The molecule has 0 aliphatic carbocycles. The second kappa shape index (κ2) is 2.38. The van der Waals surface area contributed by atoms with E-state index >= 15 is 0 Å². The van der Waals surface area contributed by atoms with E-state index in [0.29, 0.717) is 5.69 Å². The molecule has 1 heterocycles. The van der Waals surface area contributed by atoms with E-state index in [-0.39, 0.29) is 5.82 Å². The van der Waals surface area contributed by atoms with Crippen molar-refractivity contribution in [3.05, 3.63) is 42.4 Å². The third-order valence-corrected chi connectivity index (χ3v) is 1.75. The van der Waals surface area contributed by atoms with Gasteiger partial charge in [0, 0.05) is 12.7 Å². The molecule has 1 aliphatic heterocycles. The molecule has 0 saturated heterocycles. The summed E-state index contributed by atoms with van der Waals surface area (Å²) in [7, 11) is 0. The van der Waals surface area contributed by atoms with Gasteiger partial charge in [-0.3, -0.25) is 0 Å². The Labute approximate surface area is 64.8 Å². The fraction of sp³-hybridized carbons (Fsp3) is 0.111. The Kier molecular flexibility index (Phi) is 1.39. The molecule has 1 aliphatic rings. The number of nitrogens with zero attached hydrogens (tertiary/aromatic N) is 1. The highest BCUT2D eigenvalue weighted by Crippen LogP contribution is 2.21. The standard InChI is InChI=1S/C9H8FN/c10-8-4-1-2-5-9(8)11-6-3-7-11/h1-6H,7H2. The van der Waals surface area contributed by atoms with Crippen molar-refractivity contribution < 1.29 is 4.39 Å². The average Bonchev–Trinajstić information content (AvgIpc) is 1.90. The van der Waals surface area contributed by atoms with Crippen molar-refractivity contribution >= 4 is 5.69 Å². The Morgan fingerprint density at radius 1 is 1.27 bits per heavy atom. The quantitative estimate of drug-likeness (QED) is 0.591. The predicted molar refractivity (Wildman–Crippen MR) is 42.9 cm³/mol. The van der Waals surface area contributed by atoms with Crippen LogP contribution in [-0.4, -0.2) is 6.54 Å². The van der Waals surface area contributed by atoms with Gasteiger partial charge in [-0.1, -0.05) is 12.1 Å². The maximum absolute atomic E-state index is 13.0. The van der Waals surface area contributed by atoms with Gasteiger partial charge >= 0.3 is 0 Å². The van der Waals surface area contributed by atoms with Crippen molar-refractivity contribution in [2.75, 3.05) is 11.4 Å². The summed E-state index contributed by atoms with van der Waals surface area (Å²) in [5, 5.41) is 0. The molecule has 0 unspecified atom stereocenters. The number of halogens is 1. The third kappa shape index (κ3) is 1.00. The second-order valence-corrected chi connectivity index (χ2v) is 2.49. The monoisotopic (exact) mass is 149 g/mol. The first kappa shape index (κ1) is 6.40. The zero-order valence-electron chi connectivity index (χ0n) is 6.00. The summed E-state index contributed by atoms with van der Waals surface area (Å²) in [6, 6.07) is 6.78. The van der Waals surface area contributed by atoms with Gasteiger partial charge in [0.25, 0.3) is 0 Å². The SMILES string of the molecule is Fc1ccccc1N1C=CC1. The Morgan fingerprint density at radius 3 is 2.55 bits per heavy atom. The molecule has 1 aromatic carbocycles. The van der Waals surface area contributed by atoms with Crippen molar-refractivity contribution in [2.45, 2.75) is 0 Å². The fourth-order valence-corrected chi connectivity index (χ4v) is 1.07. The minimum absolute atomic E-state index is 0.156. The normalized spacial score (nSPS) is 14.8. The van der Waals surface area contributed by atoms with Gasteiger partial charge in [-0.2, -0.15) is 0 Å². The lowest BCUT2D eigenvalue weighted by Crippen LogP contribution is -2.24. The zero-order valence-corrected chi connectivity index (χ0v) is 6.00. The lowest BCUT2D eigenvalue weighted by molar-refractivity contribution is 0.624. The molecule has 0 aromatic heterocycles. The molecule has 56 valence electrons. The van der Waals surface area contributed by atoms with E-state index in [1.54, 1.807) is 12.1 Å². The van der Waals surface area contributed by atoms with Crippen LogP contribution < -0.4 is 4.90 Å². The summed E-state index contributed by atoms with van der Waals surface area (Å²) in [6.45, 7) is 0.820. The molecule has 0 amide bonds. The first-order valence-electron chi connectivity index (χ1n) is 3.56. The van der Waals surface area contributed by atoms with Crippen molar-refractivity contribution in [3.63, 3.8) is 0 Å².